The third kappa shape index (κ3) is 1.64. The number of phenolic OH excluding ortho intramolecular Hbond substituents is 1. The highest BCUT2D eigenvalue weighted by Crippen LogP contribution is 2.29. The van der Waals surface area contributed by atoms with Crippen LogP contribution in [0, 0.1) is 6.92 Å². The molecule has 3 aromatic rings. The van der Waals surface area contributed by atoms with Crippen LogP contribution in [-0.2, 0) is 7.05 Å². The zero-order valence-electron chi connectivity index (χ0n) is 10.4. The van der Waals surface area contributed by atoms with E-state index in [2.05, 4.69) is 30.2 Å². The van der Waals surface area contributed by atoms with E-state index in [1.54, 1.807) is 16.8 Å². The summed E-state index contributed by atoms with van der Waals surface area (Å²) in [6.45, 7) is 2.07. The quantitative estimate of drug-likeness (QED) is 0.706. The second-order valence-electron chi connectivity index (χ2n) is 4.54. The van der Waals surface area contributed by atoms with Crippen LogP contribution in [0.1, 0.15) is 5.56 Å². The number of rotatable bonds is 1. The van der Waals surface area contributed by atoms with Gasteiger partial charge in [-0.2, -0.15) is 5.10 Å². The van der Waals surface area contributed by atoms with Crippen LogP contribution in [0.2, 0.25) is 0 Å². The molecule has 0 saturated heterocycles. The van der Waals surface area contributed by atoms with Gasteiger partial charge in [-0.15, -0.1) is 0 Å². The van der Waals surface area contributed by atoms with Crippen LogP contribution in [0.15, 0.2) is 42.5 Å². The Balaban J connectivity index is 2.30. The summed E-state index contributed by atoms with van der Waals surface area (Å²) < 4.78 is 1.80. The van der Waals surface area contributed by atoms with Crippen LogP contribution < -0.4 is 0 Å². The molecule has 3 heteroatoms. The normalized spacial score (nSPS) is 11.0. The molecule has 90 valence electrons. The van der Waals surface area contributed by atoms with Crippen LogP contribution in [0.5, 0.6) is 5.75 Å². The average Bonchev–Trinajstić information content (AvgIpc) is 2.67. The van der Waals surface area contributed by atoms with Gasteiger partial charge in [-0.1, -0.05) is 23.8 Å². The van der Waals surface area contributed by atoms with Gasteiger partial charge in [0.2, 0.25) is 0 Å². The second-order valence-corrected chi connectivity index (χ2v) is 4.54. The lowest BCUT2D eigenvalue weighted by Gasteiger charge is -1.99. The summed E-state index contributed by atoms with van der Waals surface area (Å²) in [7, 11) is 1.89. The number of phenols is 1. The largest absolute Gasteiger partial charge is 0.508 e. The molecule has 3 rings (SSSR count). The van der Waals surface area contributed by atoms with E-state index in [1.807, 2.05) is 19.2 Å². The minimum atomic E-state index is 0.265. The molecule has 0 aliphatic carbocycles. The first kappa shape index (κ1) is 10.8. The zero-order chi connectivity index (χ0) is 12.7. The van der Waals surface area contributed by atoms with Crippen LogP contribution in [-0.4, -0.2) is 14.9 Å². The third-order valence-electron chi connectivity index (χ3n) is 3.13. The van der Waals surface area contributed by atoms with E-state index in [-0.39, 0.29) is 5.75 Å². The van der Waals surface area contributed by atoms with E-state index in [9.17, 15) is 5.11 Å². The molecule has 0 amide bonds. The predicted octanol–water partition coefficient (Wildman–Crippen LogP) is 3.25. The first-order valence-corrected chi connectivity index (χ1v) is 5.88. The van der Waals surface area contributed by atoms with Crippen LogP contribution in [0.25, 0.3) is 22.2 Å². The number of benzene rings is 2. The maximum absolute atomic E-state index is 9.54. The van der Waals surface area contributed by atoms with Crippen molar-refractivity contribution in [2.24, 2.45) is 7.05 Å². The Kier molecular flexibility index (Phi) is 2.33. The number of nitrogens with zero attached hydrogens (tertiary/aromatic N) is 2. The van der Waals surface area contributed by atoms with Crippen molar-refractivity contribution in [3.8, 4) is 17.0 Å². The minimum absolute atomic E-state index is 0.265. The van der Waals surface area contributed by atoms with Crippen molar-refractivity contribution >= 4 is 10.9 Å². The van der Waals surface area contributed by atoms with Crippen molar-refractivity contribution in [3.05, 3.63) is 48.0 Å². The lowest BCUT2D eigenvalue weighted by molar-refractivity contribution is 0.476. The first-order chi connectivity index (χ1) is 8.65. The molecule has 0 bridgehead atoms. The minimum Gasteiger partial charge on any atom is -0.508 e. The van der Waals surface area contributed by atoms with Gasteiger partial charge in [0.05, 0.1) is 5.52 Å². The van der Waals surface area contributed by atoms with E-state index in [4.69, 9.17) is 0 Å². The molecule has 0 spiro atoms. The molecule has 0 unspecified atom stereocenters. The number of hydrogen-bond acceptors (Lipinski definition) is 2. The molecular weight excluding hydrogens is 224 g/mol. The van der Waals surface area contributed by atoms with E-state index in [1.165, 1.54) is 5.56 Å². The summed E-state index contributed by atoms with van der Waals surface area (Å²) >= 11 is 0. The Morgan fingerprint density at radius 2 is 1.94 bits per heavy atom. The van der Waals surface area contributed by atoms with Gasteiger partial charge in [-0.05, 0) is 25.1 Å². The van der Waals surface area contributed by atoms with Crippen molar-refractivity contribution in [3.63, 3.8) is 0 Å². The van der Waals surface area contributed by atoms with Gasteiger partial charge >= 0.3 is 0 Å². The molecule has 1 aromatic heterocycles. The van der Waals surface area contributed by atoms with E-state index in [0.29, 0.717) is 0 Å². The summed E-state index contributed by atoms with van der Waals surface area (Å²) in [5, 5.41) is 15.1. The van der Waals surface area contributed by atoms with Gasteiger partial charge < -0.3 is 5.11 Å². The Hall–Kier alpha value is -2.29. The topological polar surface area (TPSA) is 38.0 Å². The maximum atomic E-state index is 9.54. The van der Waals surface area contributed by atoms with Crippen molar-refractivity contribution in [1.29, 1.82) is 0 Å². The van der Waals surface area contributed by atoms with Gasteiger partial charge in [-0.3, -0.25) is 4.68 Å². The van der Waals surface area contributed by atoms with Crippen molar-refractivity contribution < 1.29 is 5.11 Å². The summed E-state index contributed by atoms with van der Waals surface area (Å²) in [5.41, 5.74) is 4.21. The molecule has 0 atom stereocenters. The number of aromatic hydroxyl groups is 1. The molecular formula is C15H14N2O. The summed E-state index contributed by atoms with van der Waals surface area (Å²) in [6, 6.07) is 13.6. The SMILES string of the molecule is Cc1cccc(-c2nn(C)c3cc(O)ccc23)c1. The van der Waals surface area contributed by atoms with E-state index < -0.39 is 0 Å². The van der Waals surface area contributed by atoms with Crippen LogP contribution >= 0.6 is 0 Å². The van der Waals surface area contributed by atoms with Crippen molar-refractivity contribution in [2.45, 2.75) is 6.92 Å². The number of aryl methyl sites for hydroxylation is 2. The van der Waals surface area contributed by atoms with E-state index >= 15 is 0 Å². The smallest absolute Gasteiger partial charge is 0.117 e. The van der Waals surface area contributed by atoms with Crippen LogP contribution in [0.4, 0.5) is 0 Å². The standard InChI is InChI=1S/C15H14N2O/c1-10-4-3-5-11(8-10)15-13-7-6-12(18)9-14(13)17(2)16-15/h3-9,18H,1-2H3. The molecule has 0 saturated carbocycles. The summed E-state index contributed by atoms with van der Waals surface area (Å²) in [4.78, 5) is 0. The lowest BCUT2D eigenvalue weighted by Crippen LogP contribution is -1.89. The monoisotopic (exact) mass is 238 g/mol. The Labute approximate surface area is 105 Å². The second kappa shape index (κ2) is 3.88. The average molecular weight is 238 g/mol. The van der Waals surface area contributed by atoms with E-state index in [0.717, 1.165) is 22.2 Å². The Morgan fingerprint density at radius 1 is 1.11 bits per heavy atom. The summed E-state index contributed by atoms with van der Waals surface area (Å²) in [6.07, 6.45) is 0. The number of fused-ring (bicyclic) bond motifs is 1. The molecule has 1 N–H and O–H groups in total. The molecule has 0 fully saturated rings. The highest BCUT2D eigenvalue weighted by atomic mass is 16.3. The molecule has 0 aliphatic rings. The van der Waals surface area contributed by atoms with Gasteiger partial charge in [0, 0.05) is 24.1 Å². The fourth-order valence-corrected chi connectivity index (χ4v) is 2.25. The number of aromatic nitrogens is 2. The van der Waals surface area contributed by atoms with Gasteiger partial charge in [0.1, 0.15) is 11.4 Å². The van der Waals surface area contributed by atoms with Crippen molar-refractivity contribution in [1.82, 2.24) is 9.78 Å². The van der Waals surface area contributed by atoms with Gasteiger partial charge in [0.25, 0.3) is 0 Å². The predicted molar refractivity (Wildman–Crippen MR) is 72.6 cm³/mol. The van der Waals surface area contributed by atoms with Gasteiger partial charge in [-0.25, -0.2) is 0 Å². The molecule has 0 aliphatic heterocycles. The number of hydrogen-bond donors (Lipinski definition) is 1. The lowest BCUT2D eigenvalue weighted by atomic mass is 10.1. The first-order valence-electron chi connectivity index (χ1n) is 5.88. The molecule has 0 radical (unpaired) electrons. The third-order valence-corrected chi connectivity index (χ3v) is 3.13. The van der Waals surface area contributed by atoms with Gasteiger partial charge in [0.15, 0.2) is 0 Å². The highest BCUT2D eigenvalue weighted by Gasteiger charge is 2.10. The highest BCUT2D eigenvalue weighted by molar-refractivity contribution is 5.94. The zero-order valence-corrected chi connectivity index (χ0v) is 10.4. The molecule has 18 heavy (non-hydrogen) atoms. The molecule has 3 nitrogen and oxygen atoms in total. The molecule has 2 aromatic carbocycles. The van der Waals surface area contributed by atoms with Crippen molar-refractivity contribution in [2.75, 3.05) is 0 Å². The van der Waals surface area contributed by atoms with Crippen LogP contribution in [0.3, 0.4) is 0 Å². The molecule has 1 heterocycles. The Bertz CT molecular complexity index is 728. The fraction of sp³-hybridized carbons (Fsp3) is 0.133. The fourth-order valence-electron chi connectivity index (χ4n) is 2.25. The summed E-state index contributed by atoms with van der Waals surface area (Å²) in [5.74, 6) is 0.265. The Morgan fingerprint density at radius 3 is 2.72 bits per heavy atom. The maximum Gasteiger partial charge on any atom is 0.117 e.